The fourth-order valence-electron chi connectivity index (χ4n) is 1.08. The van der Waals surface area contributed by atoms with Gasteiger partial charge in [-0.25, -0.2) is 4.79 Å². The molecule has 0 saturated carbocycles. The number of aromatic carboxylic acids is 1. The van der Waals surface area contributed by atoms with Gasteiger partial charge in [-0.1, -0.05) is 6.07 Å². The summed E-state index contributed by atoms with van der Waals surface area (Å²) in [4.78, 5) is 21.7. The summed E-state index contributed by atoms with van der Waals surface area (Å²) < 4.78 is 5.13. The second kappa shape index (κ2) is 5.11. The number of rotatable bonds is 3. The average molecular weight is 320 g/mol. The van der Waals surface area contributed by atoms with Gasteiger partial charge < -0.3 is 9.84 Å². The standard InChI is InChI=1S/C10H9IO4/c1-15-9(12)5-6-2-3-7(10(13)14)8(11)4-6/h2-4H,5H2,1H3,(H,13,14). The van der Waals surface area contributed by atoms with Gasteiger partial charge in [-0.2, -0.15) is 0 Å². The van der Waals surface area contributed by atoms with Gasteiger partial charge in [-0.15, -0.1) is 0 Å². The Morgan fingerprint density at radius 2 is 2.13 bits per heavy atom. The number of ether oxygens (including phenoxy) is 1. The van der Waals surface area contributed by atoms with Gasteiger partial charge in [-0.05, 0) is 40.3 Å². The first-order valence-electron chi connectivity index (χ1n) is 4.13. The zero-order valence-corrected chi connectivity index (χ0v) is 10.1. The molecule has 0 saturated heterocycles. The second-order valence-corrected chi connectivity index (χ2v) is 4.03. The Balaban J connectivity index is 2.91. The lowest BCUT2D eigenvalue weighted by molar-refractivity contribution is -0.139. The molecule has 15 heavy (non-hydrogen) atoms. The number of halogens is 1. The SMILES string of the molecule is COC(=O)Cc1ccc(C(=O)O)c(I)c1. The Kier molecular flexibility index (Phi) is 4.07. The predicted octanol–water partition coefficient (Wildman–Crippen LogP) is 1.70. The molecule has 0 bridgehead atoms. The monoisotopic (exact) mass is 320 g/mol. The maximum atomic E-state index is 11.0. The van der Waals surface area contributed by atoms with Crippen LogP contribution in [0.15, 0.2) is 18.2 Å². The minimum absolute atomic E-state index is 0.159. The molecule has 0 atom stereocenters. The molecule has 1 aromatic carbocycles. The van der Waals surface area contributed by atoms with Gasteiger partial charge >= 0.3 is 11.9 Å². The lowest BCUT2D eigenvalue weighted by Gasteiger charge is -2.03. The Labute approximate surface area is 100 Å². The molecule has 5 heteroatoms. The van der Waals surface area contributed by atoms with Crippen molar-refractivity contribution < 1.29 is 19.4 Å². The molecule has 0 aromatic heterocycles. The molecule has 0 heterocycles. The molecule has 0 fully saturated rings. The number of benzene rings is 1. The van der Waals surface area contributed by atoms with Gasteiger partial charge in [0.05, 0.1) is 19.1 Å². The number of hydrogen-bond acceptors (Lipinski definition) is 3. The lowest BCUT2D eigenvalue weighted by atomic mass is 10.1. The molecular weight excluding hydrogens is 311 g/mol. The van der Waals surface area contributed by atoms with Crippen LogP contribution in [-0.2, 0) is 16.0 Å². The van der Waals surface area contributed by atoms with E-state index in [1.807, 2.05) is 22.6 Å². The Morgan fingerprint density at radius 1 is 1.47 bits per heavy atom. The van der Waals surface area contributed by atoms with Crippen LogP contribution in [0.1, 0.15) is 15.9 Å². The van der Waals surface area contributed by atoms with Crippen molar-refractivity contribution in [3.8, 4) is 0 Å². The molecule has 1 aromatic rings. The van der Waals surface area contributed by atoms with Gasteiger partial charge in [0.2, 0.25) is 0 Å². The molecule has 0 unspecified atom stereocenters. The van der Waals surface area contributed by atoms with Crippen molar-refractivity contribution in [1.82, 2.24) is 0 Å². The highest BCUT2D eigenvalue weighted by molar-refractivity contribution is 14.1. The summed E-state index contributed by atoms with van der Waals surface area (Å²) in [6.07, 6.45) is 0.159. The van der Waals surface area contributed by atoms with Crippen LogP contribution in [0.25, 0.3) is 0 Å². The molecule has 1 rings (SSSR count). The molecular formula is C10H9IO4. The third kappa shape index (κ3) is 3.19. The van der Waals surface area contributed by atoms with E-state index in [1.54, 1.807) is 12.1 Å². The summed E-state index contributed by atoms with van der Waals surface area (Å²) >= 11 is 1.93. The molecule has 0 spiro atoms. The van der Waals surface area contributed by atoms with Crippen molar-refractivity contribution in [2.24, 2.45) is 0 Å². The van der Waals surface area contributed by atoms with Crippen LogP contribution in [0, 0.1) is 3.57 Å². The lowest BCUT2D eigenvalue weighted by Crippen LogP contribution is -2.06. The first kappa shape index (κ1) is 12.0. The van der Waals surface area contributed by atoms with Crippen LogP contribution in [0.4, 0.5) is 0 Å². The van der Waals surface area contributed by atoms with E-state index in [4.69, 9.17) is 5.11 Å². The van der Waals surface area contributed by atoms with Crippen molar-refractivity contribution >= 4 is 34.5 Å². The van der Waals surface area contributed by atoms with E-state index in [-0.39, 0.29) is 18.0 Å². The van der Waals surface area contributed by atoms with Crippen molar-refractivity contribution in [2.45, 2.75) is 6.42 Å². The number of carboxylic acid groups (broad SMARTS) is 1. The van der Waals surface area contributed by atoms with Crippen molar-refractivity contribution in [1.29, 1.82) is 0 Å². The zero-order chi connectivity index (χ0) is 11.4. The zero-order valence-electron chi connectivity index (χ0n) is 7.99. The molecule has 0 radical (unpaired) electrons. The maximum Gasteiger partial charge on any atom is 0.336 e. The third-order valence-electron chi connectivity index (χ3n) is 1.84. The largest absolute Gasteiger partial charge is 0.478 e. The number of carbonyl (C=O) groups excluding carboxylic acids is 1. The first-order chi connectivity index (χ1) is 7.04. The normalized spacial score (nSPS) is 9.73. The third-order valence-corrected chi connectivity index (χ3v) is 2.73. The first-order valence-corrected chi connectivity index (χ1v) is 5.21. The van der Waals surface area contributed by atoms with E-state index in [0.717, 1.165) is 5.56 Å². The van der Waals surface area contributed by atoms with Crippen LogP contribution >= 0.6 is 22.6 Å². The van der Waals surface area contributed by atoms with Crippen molar-refractivity contribution in [3.63, 3.8) is 0 Å². The Hall–Kier alpha value is -1.11. The molecule has 0 aliphatic heterocycles. The van der Waals surface area contributed by atoms with Gasteiger partial charge in [0.1, 0.15) is 0 Å². The van der Waals surface area contributed by atoms with Crippen molar-refractivity contribution in [3.05, 3.63) is 32.9 Å². The molecule has 80 valence electrons. The summed E-state index contributed by atoms with van der Waals surface area (Å²) in [6.45, 7) is 0. The van der Waals surface area contributed by atoms with Gasteiger partial charge in [0.15, 0.2) is 0 Å². The van der Waals surface area contributed by atoms with E-state index < -0.39 is 5.97 Å². The molecule has 0 amide bonds. The highest BCUT2D eigenvalue weighted by Gasteiger charge is 2.10. The molecule has 0 aliphatic rings. The van der Waals surface area contributed by atoms with Gasteiger partial charge in [0, 0.05) is 3.57 Å². The van der Waals surface area contributed by atoms with Crippen LogP contribution in [0.5, 0.6) is 0 Å². The highest BCUT2D eigenvalue weighted by Crippen LogP contribution is 2.15. The second-order valence-electron chi connectivity index (χ2n) is 2.87. The Bertz CT molecular complexity index is 400. The number of esters is 1. The van der Waals surface area contributed by atoms with Crippen LogP contribution < -0.4 is 0 Å². The Morgan fingerprint density at radius 3 is 2.60 bits per heavy atom. The average Bonchev–Trinajstić information content (AvgIpc) is 2.17. The van der Waals surface area contributed by atoms with Gasteiger partial charge in [0.25, 0.3) is 0 Å². The molecule has 1 N–H and O–H groups in total. The van der Waals surface area contributed by atoms with E-state index >= 15 is 0 Å². The van der Waals surface area contributed by atoms with E-state index in [1.165, 1.54) is 13.2 Å². The summed E-state index contributed by atoms with van der Waals surface area (Å²) in [5, 5.41) is 8.79. The van der Waals surface area contributed by atoms with E-state index in [2.05, 4.69) is 4.74 Å². The minimum Gasteiger partial charge on any atom is -0.478 e. The van der Waals surface area contributed by atoms with Crippen molar-refractivity contribution in [2.75, 3.05) is 7.11 Å². The predicted molar refractivity (Wildman–Crippen MR) is 61.8 cm³/mol. The molecule has 0 aliphatic carbocycles. The summed E-state index contributed by atoms with van der Waals surface area (Å²) in [5.74, 6) is -1.31. The maximum absolute atomic E-state index is 11.0. The molecule has 4 nitrogen and oxygen atoms in total. The van der Waals surface area contributed by atoms with Crippen LogP contribution in [0.2, 0.25) is 0 Å². The fourth-order valence-corrected chi connectivity index (χ4v) is 1.89. The summed E-state index contributed by atoms with van der Waals surface area (Å²) in [6, 6.07) is 4.77. The highest BCUT2D eigenvalue weighted by atomic mass is 127. The van der Waals surface area contributed by atoms with E-state index in [9.17, 15) is 9.59 Å². The number of methoxy groups -OCH3 is 1. The summed E-state index contributed by atoms with van der Waals surface area (Å²) in [5.41, 5.74) is 0.987. The van der Waals surface area contributed by atoms with Crippen LogP contribution in [0.3, 0.4) is 0 Å². The van der Waals surface area contributed by atoms with Crippen LogP contribution in [-0.4, -0.2) is 24.2 Å². The summed E-state index contributed by atoms with van der Waals surface area (Å²) in [7, 11) is 1.32. The topological polar surface area (TPSA) is 63.6 Å². The fraction of sp³-hybridized carbons (Fsp3) is 0.200. The number of hydrogen-bond donors (Lipinski definition) is 1. The quantitative estimate of drug-likeness (QED) is 0.680. The number of carbonyl (C=O) groups is 2. The minimum atomic E-state index is -0.969. The smallest absolute Gasteiger partial charge is 0.336 e. The van der Waals surface area contributed by atoms with E-state index in [0.29, 0.717) is 3.57 Å². The number of carboxylic acids is 1. The van der Waals surface area contributed by atoms with Gasteiger partial charge in [-0.3, -0.25) is 4.79 Å².